The minimum absolute atomic E-state index is 0.0511. The molecule has 2 heterocycles. The van der Waals surface area contributed by atoms with Crippen LogP contribution in [0, 0.1) is 5.92 Å². The van der Waals surface area contributed by atoms with Gasteiger partial charge in [-0.15, -0.1) is 0 Å². The molecule has 0 saturated carbocycles. The molecule has 1 aliphatic carbocycles. The van der Waals surface area contributed by atoms with Crippen molar-refractivity contribution >= 4 is 28.4 Å². The minimum Gasteiger partial charge on any atom is -0.379 e. The number of aromatic nitrogens is 1. The van der Waals surface area contributed by atoms with Gasteiger partial charge in [0.15, 0.2) is 0 Å². The van der Waals surface area contributed by atoms with E-state index in [1.165, 1.54) is 11.3 Å². The molecule has 4 rings (SSSR count). The standard InChI is InChI=1S/C19H24ClN3O2/c20-14-2-4-18-16(12-14)15-11-13(1-3-17(15)22-18)19(24)21-5-6-23-7-9-25-10-8-23/h2,4,12-13,22H,1,3,5-11H2,(H,21,24). The fourth-order valence-corrected chi connectivity index (χ4v) is 4.09. The highest BCUT2D eigenvalue weighted by Gasteiger charge is 2.27. The maximum atomic E-state index is 12.6. The Morgan fingerprint density at radius 1 is 1.36 bits per heavy atom. The molecular formula is C19H24ClN3O2. The maximum absolute atomic E-state index is 12.6. The molecule has 0 spiro atoms. The predicted molar refractivity (Wildman–Crippen MR) is 99.1 cm³/mol. The molecule has 1 amide bonds. The Labute approximate surface area is 152 Å². The fraction of sp³-hybridized carbons (Fsp3) is 0.526. The summed E-state index contributed by atoms with van der Waals surface area (Å²) in [5.74, 6) is 0.227. The van der Waals surface area contributed by atoms with E-state index in [1.807, 2.05) is 18.2 Å². The zero-order valence-corrected chi connectivity index (χ0v) is 15.1. The van der Waals surface area contributed by atoms with Crippen molar-refractivity contribution in [1.29, 1.82) is 0 Å². The van der Waals surface area contributed by atoms with Crippen LogP contribution in [-0.4, -0.2) is 55.2 Å². The van der Waals surface area contributed by atoms with Gasteiger partial charge < -0.3 is 15.0 Å². The number of hydrogen-bond acceptors (Lipinski definition) is 3. The summed E-state index contributed by atoms with van der Waals surface area (Å²) in [5, 5.41) is 5.03. The van der Waals surface area contributed by atoms with Crippen LogP contribution in [0.2, 0.25) is 5.02 Å². The molecule has 0 bridgehead atoms. The first-order valence-electron chi connectivity index (χ1n) is 9.07. The summed E-state index contributed by atoms with van der Waals surface area (Å²) in [6.45, 7) is 5.11. The second-order valence-corrected chi connectivity index (χ2v) is 7.39. The van der Waals surface area contributed by atoms with Crippen LogP contribution in [0.1, 0.15) is 17.7 Å². The van der Waals surface area contributed by atoms with Crippen LogP contribution in [0.15, 0.2) is 18.2 Å². The Hall–Kier alpha value is -1.56. The molecule has 1 aromatic carbocycles. The number of carbonyl (C=O) groups is 1. The van der Waals surface area contributed by atoms with Gasteiger partial charge in [-0.2, -0.15) is 0 Å². The average molecular weight is 362 g/mol. The third-order valence-corrected chi connectivity index (χ3v) is 5.59. The quantitative estimate of drug-likeness (QED) is 0.879. The second kappa shape index (κ2) is 7.36. The van der Waals surface area contributed by atoms with Gasteiger partial charge in [0.05, 0.1) is 13.2 Å². The van der Waals surface area contributed by atoms with Crippen LogP contribution >= 0.6 is 11.6 Å². The molecule has 1 unspecified atom stereocenters. The van der Waals surface area contributed by atoms with Crippen LogP contribution in [0.25, 0.3) is 10.9 Å². The van der Waals surface area contributed by atoms with Crippen molar-refractivity contribution in [2.24, 2.45) is 5.92 Å². The van der Waals surface area contributed by atoms with E-state index in [9.17, 15) is 4.79 Å². The zero-order chi connectivity index (χ0) is 17.2. The van der Waals surface area contributed by atoms with Crippen LogP contribution in [0.4, 0.5) is 0 Å². The minimum atomic E-state index is 0.0511. The lowest BCUT2D eigenvalue weighted by Gasteiger charge is -2.27. The highest BCUT2D eigenvalue weighted by atomic mass is 35.5. The molecule has 25 heavy (non-hydrogen) atoms. The number of nitrogens with one attached hydrogen (secondary N) is 2. The molecule has 1 aliphatic heterocycles. The molecule has 5 nitrogen and oxygen atoms in total. The van der Waals surface area contributed by atoms with E-state index in [-0.39, 0.29) is 11.8 Å². The summed E-state index contributed by atoms with van der Waals surface area (Å²) >= 11 is 6.15. The third kappa shape index (κ3) is 3.68. The van der Waals surface area contributed by atoms with Gasteiger partial charge in [-0.25, -0.2) is 0 Å². The third-order valence-electron chi connectivity index (χ3n) is 5.35. The number of ether oxygens (including phenoxy) is 1. The number of carbonyl (C=O) groups excluding carboxylic acids is 1. The summed E-state index contributed by atoms with van der Waals surface area (Å²) in [4.78, 5) is 18.4. The van der Waals surface area contributed by atoms with Crippen LogP contribution in [-0.2, 0) is 22.4 Å². The number of aryl methyl sites for hydroxylation is 1. The Kier molecular flexibility index (Phi) is 4.97. The summed E-state index contributed by atoms with van der Waals surface area (Å²) in [6, 6.07) is 5.93. The Balaban J connectivity index is 1.37. The number of rotatable bonds is 4. The lowest BCUT2D eigenvalue weighted by Crippen LogP contribution is -2.43. The van der Waals surface area contributed by atoms with Gasteiger partial charge in [0.25, 0.3) is 0 Å². The van der Waals surface area contributed by atoms with Crippen molar-refractivity contribution < 1.29 is 9.53 Å². The van der Waals surface area contributed by atoms with Crippen LogP contribution in [0.5, 0.6) is 0 Å². The van der Waals surface area contributed by atoms with Gasteiger partial charge in [0, 0.05) is 53.7 Å². The summed E-state index contributed by atoms with van der Waals surface area (Å²) in [6.07, 6.45) is 2.61. The van der Waals surface area contributed by atoms with E-state index in [0.29, 0.717) is 6.54 Å². The molecule has 0 radical (unpaired) electrons. The summed E-state index contributed by atoms with van der Waals surface area (Å²) < 4.78 is 5.35. The monoisotopic (exact) mass is 361 g/mol. The van der Waals surface area contributed by atoms with Gasteiger partial charge in [-0.05, 0) is 43.0 Å². The number of fused-ring (bicyclic) bond motifs is 3. The first-order valence-corrected chi connectivity index (χ1v) is 9.45. The second-order valence-electron chi connectivity index (χ2n) is 6.96. The highest BCUT2D eigenvalue weighted by molar-refractivity contribution is 6.31. The zero-order valence-electron chi connectivity index (χ0n) is 14.3. The Bertz CT molecular complexity index is 767. The number of halogens is 1. The molecule has 1 saturated heterocycles. The van der Waals surface area contributed by atoms with Crippen molar-refractivity contribution in [3.05, 3.63) is 34.5 Å². The molecule has 2 aliphatic rings. The highest BCUT2D eigenvalue weighted by Crippen LogP contribution is 2.33. The fourth-order valence-electron chi connectivity index (χ4n) is 3.92. The maximum Gasteiger partial charge on any atom is 0.223 e. The average Bonchev–Trinajstić information content (AvgIpc) is 2.99. The van der Waals surface area contributed by atoms with Crippen molar-refractivity contribution in [2.75, 3.05) is 39.4 Å². The van der Waals surface area contributed by atoms with Crippen LogP contribution in [0.3, 0.4) is 0 Å². The lowest BCUT2D eigenvalue weighted by atomic mass is 9.86. The molecule has 2 N–H and O–H groups in total. The summed E-state index contributed by atoms with van der Waals surface area (Å²) in [7, 11) is 0. The summed E-state index contributed by atoms with van der Waals surface area (Å²) in [5.41, 5.74) is 3.63. The number of amides is 1. The van der Waals surface area contributed by atoms with Gasteiger partial charge in [-0.1, -0.05) is 11.6 Å². The van der Waals surface area contributed by atoms with E-state index >= 15 is 0 Å². The predicted octanol–water partition coefficient (Wildman–Crippen LogP) is 2.37. The first-order chi connectivity index (χ1) is 12.2. The molecule has 1 fully saturated rings. The van der Waals surface area contributed by atoms with E-state index in [4.69, 9.17) is 16.3 Å². The number of aromatic amines is 1. The largest absolute Gasteiger partial charge is 0.379 e. The topological polar surface area (TPSA) is 57.4 Å². The number of H-pyrrole nitrogens is 1. The first kappa shape index (κ1) is 16.9. The van der Waals surface area contributed by atoms with Crippen molar-refractivity contribution in [3.8, 4) is 0 Å². The Morgan fingerprint density at radius 3 is 3.04 bits per heavy atom. The van der Waals surface area contributed by atoms with Gasteiger partial charge >= 0.3 is 0 Å². The van der Waals surface area contributed by atoms with E-state index < -0.39 is 0 Å². The molecule has 1 aromatic heterocycles. The van der Waals surface area contributed by atoms with Gasteiger partial charge in [0.2, 0.25) is 5.91 Å². The number of morpholine rings is 1. The van der Waals surface area contributed by atoms with E-state index in [2.05, 4.69) is 15.2 Å². The number of hydrogen-bond donors (Lipinski definition) is 2. The molecule has 134 valence electrons. The Morgan fingerprint density at radius 2 is 2.20 bits per heavy atom. The smallest absolute Gasteiger partial charge is 0.223 e. The van der Waals surface area contributed by atoms with Gasteiger partial charge in [-0.3, -0.25) is 9.69 Å². The van der Waals surface area contributed by atoms with Crippen molar-refractivity contribution in [1.82, 2.24) is 15.2 Å². The molecule has 2 aromatic rings. The SMILES string of the molecule is O=C(NCCN1CCOCC1)C1CCc2[nH]c3ccc(Cl)cc3c2C1. The van der Waals surface area contributed by atoms with Gasteiger partial charge in [0.1, 0.15) is 0 Å². The van der Waals surface area contributed by atoms with E-state index in [0.717, 1.165) is 68.0 Å². The lowest BCUT2D eigenvalue weighted by molar-refractivity contribution is -0.125. The molecule has 6 heteroatoms. The van der Waals surface area contributed by atoms with E-state index in [1.54, 1.807) is 0 Å². The van der Waals surface area contributed by atoms with Crippen molar-refractivity contribution in [3.63, 3.8) is 0 Å². The molecular weight excluding hydrogens is 338 g/mol. The number of benzene rings is 1. The van der Waals surface area contributed by atoms with Crippen LogP contribution < -0.4 is 5.32 Å². The normalized spacial score (nSPS) is 21.2. The molecule has 1 atom stereocenters. The van der Waals surface area contributed by atoms with Crippen molar-refractivity contribution in [2.45, 2.75) is 19.3 Å². The number of nitrogens with zero attached hydrogens (tertiary/aromatic N) is 1.